The number of benzene rings is 2. The zero-order valence-corrected chi connectivity index (χ0v) is 22.2. The Labute approximate surface area is 214 Å². The van der Waals surface area contributed by atoms with Crippen LogP contribution in [0.2, 0.25) is 0 Å². The second kappa shape index (κ2) is 14.5. The van der Waals surface area contributed by atoms with Crippen molar-refractivity contribution in [3.8, 4) is 0 Å². The Balaban J connectivity index is 0.00000385. The maximum Gasteiger partial charge on any atom is 0.191 e. The molecule has 33 heavy (non-hydrogen) atoms. The minimum Gasteiger partial charge on any atom is -0.379 e. The molecule has 3 rings (SSSR count). The third-order valence-corrected chi connectivity index (χ3v) is 5.69. The van der Waals surface area contributed by atoms with E-state index in [1.165, 1.54) is 17.2 Å². The number of hydrogen-bond acceptors (Lipinski definition) is 4. The zero-order valence-electron chi connectivity index (χ0n) is 19.9. The molecule has 2 aromatic rings. The fourth-order valence-corrected chi connectivity index (χ4v) is 3.88. The molecule has 0 spiro atoms. The van der Waals surface area contributed by atoms with Crippen LogP contribution in [-0.4, -0.2) is 69.2 Å². The van der Waals surface area contributed by atoms with Gasteiger partial charge in [-0.3, -0.25) is 4.90 Å². The van der Waals surface area contributed by atoms with E-state index < -0.39 is 0 Å². The van der Waals surface area contributed by atoms with Crippen LogP contribution in [-0.2, 0) is 17.8 Å². The van der Waals surface area contributed by atoms with Gasteiger partial charge in [0.15, 0.2) is 5.96 Å². The van der Waals surface area contributed by atoms with Crippen molar-refractivity contribution in [2.24, 2.45) is 4.99 Å². The summed E-state index contributed by atoms with van der Waals surface area (Å²) in [6.07, 6.45) is 0. The van der Waals surface area contributed by atoms with Gasteiger partial charge in [0.05, 0.1) is 25.8 Å². The van der Waals surface area contributed by atoms with Crippen LogP contribution in [0.5, 0.6) is 0 Å². The molecule has 6 nitrogen and oxygen atoms in total. The van der Waals surface area contributed by atoms with Crippen LogP contribution in [0.1, 0.15) is 29.7 Å². The molecule has 2 aromatic carbocycles. The molecular weight excluding hydrogens is 532 g/mol. The van der Waals surface area contributed by atoms with Gasteiger partial charge in [-0.05, 0) is 49.8 Å². The first-order chi connectivity index (χ1) is 15.6. The van der Waals surface area contributed by atoms with E-state index >= 15 is 0 Å². The van der Waals surface area contributed by atoms with Crippen LogP contribution < -0.4 is 10.6 Å². The van der Waals surface area contributed by atoms with Gasteiger partial charge in [0.2, 0.25) is 0 Å². The topological polar surface area (TPSA) is 52.1 Å². The Kier molecular flexibility index (Phi) is 12.1. The molecule has 0 amide bonds. The first kappa shape index (κ1) is 27.5. The fourth-order valence-electron chi connectivity index (χ4n) is 3.88. The highest BCUT2D eigenvalue weighted by molar-refractivity contribution is 14.0. The van der Waals surface area contributed by atoms with Gasteiger partial charge >= 0.3 is 0 Å². The number of ether oxygens (including phenoxy) is 1. The third-order valence-electron chi connectivity index (χ3n) is 5.69. The van der Waals surface area contributed by atoms with Gasteiger partial charge < -0.3 is 20.3 Å². The van der Waals surface area contributed by atoms with E-state index in [4.69, 9.17) is 9.73 Å². The lowest BCUT2D eigenvalue weighted by Gasteiger charge is -2.27. The molecule has 1 unspecified atom stereocenters. The summed E-state index contributed by atoms with van der Waals surface area (Å²) < 4.78 is 19.2. The van der Waals surface area contributed by atoms with Crippen molar-refractivity contribution in [3.05, 3.63) is 71.0 Å². The van der Waals surface area contributed by atoms with Gasteiger partial charge in [0.25, 0.3) is 0 Å². The van der Waals surface area contributed by atoms with Crippen LogP contribution >= 0.6 is 24.0 Å². The minimum absolute atomic E-state index is 0. The summed E-state index contributed by atoms with van der Waals surface area (Å²) in [5.74, 6) is 0.545. The standard InChI is InChI=1S/C25H36FN5O.HI/c1-4-27-25(29-18-24(30(2)3)20-10-7-11-23(26)16-20)28-17-21-8-5-6-9-22(21)19-31-12-14-32-15-13-31;/h5-11,16,24H,4,12-15,17-19H2,1-3H3,(H2,27,28,29);1H. The summed E-state index contributed by atoms with van der Waals surface area (Å²) in [6.45, 7) is 8.50. The highest BCUT2D eigenvalue weighted by atomic mass is 127. The van der Waals surface area contributed by atoms with Crippen molar-refractivity contribution in [1.29, 1.82) is 0 Å². The van der Waals surface area contributed by atoms with Crippen molar-refractivity contribution < 1.29 is 9.13 Å². The molecular formula is C25H37FIN5O. The molecule has 2 N–H and O–H groups in total. The monoisotopic (exact) mass is 569 g/mol. The molecule has 8 heteroatoms. The van der Waals surface area contributed by atoms with Crippen molar-refractivity contribution >= 4 is 29.9 Å². The maximum absolute atomic E-state index is 13.7. The smallest absolute Gasteiger partial charge is 0.191 e. The Morgan fingerprint density at radius 2 is 1.82 bits per heavy atom. The van der Waals surface area contributed by atoms with Gasteiger partial charge in [0, 0.05) is 32.7 Å². The molecule has 1 fully saturated rings. The average molecular weight is 570 g/mol. The number of hydrogen-bond donors (Lipinski definition) is 2. The van der Waals surface area contributed by atoms with Crippen LogP contribution in [0.25, 0.3) is 0 Å². The van der Waals surface area contributed by atoms with Gasteiger partial charge in [-0.15, -0.1) is 24.0 Å². The summed E-state index contributed by atoms with van der Waals surface area (Å²) in [5.41, 5.74) is 3.47. The molecule has 1 heterocycles. The second-order valence-corrected chi connectivity index (χ2v) is 8.27. The van der Waals surface area contributed by atoms with Crippen LogP contribution in [0, 0.1) is 5.82 Å². The lowest BCUT2D eigenvalue weighted by atomic mass is 10.1. The molecule has 0 aromatic heterocycles. The highest BCUT2D eigenvalue weighted by Crippen LogP contribution is 2.18. The van der Waals surface area contributed by atoms with Crippen LogP contribution in [0.15, 0.2) is 53.5 Å². The molecule has 0 radical (unpaired) electrons. The third kappa shape index (κ3) is 8.84. The predicted molar refractivity (Wildman–Crippen MR) is 144 cm³/mol. The summed E-state index contributed by atoms with van der Waals surface area (Å²) >= 11 is 0. The molecule has 0 bridgehead atoms. The Hall–Kier alpha value is -1.75. The summed E-state index contributed by atoms with van der Waals surface area (Å²) in [6, 6.07) is 15.3. The Bertz CT molecular complexity index is 873. The second-order valence-electron chi connectivity index (χ2n) is 8.27. The van der Waals surface area contributed by atoms with Crippen molar-refractivity contribution in [2.75, 3.05) is 53.5 Å². The number of nitrogens with zero attached hydrogens (tertiary/aromatic N) is 3. The molecule has 0 aliphatic carbocycles. The number of nitrogens with one attached hydrogen (secondary N) is 2. The zero-order chi connectivity index (χ0) is 22.8. The lowest BCUT2D eigenvalue weighted by molar-refractivity contribution is 0.0341. The van der Waals surface area contributed by atoms with E-state index in [9.17, 15) is 4.39 Å². The van der Waals surface area contributed by atoms with Crippen molar-refractivity contribution in [1.82, 2.24) is 20.4 Å². The number of morpholine rings is 1. The first-order valence-corrected chi connectivity index (χ1v) is 11.4. The van der Waals surface area contributed by atoms with Crippen molar-refractivity contribution in [3.63, 3.8) is 0 Å². The van der Waals surface area contributed by atoms with E-state index in [2.05, 4.69) is 51.6 Å². The lowest BCUT2D eigenvalue weighted by Crippen LogP contribution is -2.41. The van der Waals surface area contributed by atoms with E-state index in [0.717, 1.165) is 50.9 Å². The van der Waals surface area contributed by atoms with E-state index in [-0.39, 0.29) is 35.8 Å². The minimum atomic E-state index is -0.216. The van der Waals surface area contributed by atoms with Gasteiger partial charge in [-0.25, -0.2) is 9.38 Å². The predicted octanol–water partition coefficient (Wildman–Crippen LogP) is 3.63. The molecule has 0 saturated carbocycles. The fraction of sp³-hybridized carbons (Fsp3) is 0.480. The number of guanidine groups is 1. The van der Waals surface area contributed by atoms with Gasteiger partial charge in [-0.1, -0.05) is 36.4 Å². The molecule has 1 atom stereocenters. The largest absolute Gasteiger partial charge is 0.379 e. The van der Waals surface area contributed by atoms with E-state index in [1.807, 2.05) is 20.2 Å². The van der Waals surface area contributed by atoms with Crippen LogP contribution in [0.3, 0.4) is 0 Å². The Morgan fingerprint density at radius 1 is 1.09 bits per heavy atom. The number of rotatable bonds is 9. The number of aliphatic imine (C=N–C) groups is 1. The van der Waals surface area contributed by atoms with Gasteiger partial charge in [0.1, 0.15) is 5.82 Å². The van der Waals surface area contributed by atoms with Crippen LogP contribution in [0.4, 0.5) is 4.39 Å². The highest BCUT2D eigenvalue weighted by Gasteiger charge is 2.16. The molecule has 1 saturated heterocycles. The number of halogens is 2. The SMILES string of the molecule is CCNC(=NCc1ccccc1CN1CCOCC1)NCC(c1cccc(F)c1)N(C)C.I. The summed E-state index contributed by atoms with van der Waals surface area (Å²) in [4.78, 5) is 9.35. The average Bonchev–Trinajstić information content (AvgIpc) is 2.79. The van der Waals surface area contributed by atoms with E-state index in [1.54, 1.807) is 12.1 Å². The quantitative estimate of drug-likeness (QED) is 0.275. The normalized spacial score (nSPS) is 15.7. The molecule has 1 aliphatic rings. The Morgan fingerprint density at radius 3 is 2.48 bits per heavy atom. The van der Waals surface area contributed by atoms with E-state index in [0.29, 0.717) is 13.1 Å². The molecule has 182 valence electrons. The molecule has 1 aliphatic heterocycles. The summed E-state index contributed by atoms with van der Waals surface area (Å²) in [7, 11) is 4.01. The summed E-state index contributed by atoms with van der Waals surface area (Å²) in [5, 5.41) is 6.77. The maximum atomic E-state index is 13.7. The van der Waals surface area contributed by atoms with Crippen molar-refractivity contribution in [2.45, 2.75) is 26.1 Å². The van der Waals surface area contributed by atoms with Gasteiger partial charge in [-0.2, -0.15) is 0 Å². The first-order valence-electron chi connectivity index (χ1n) is 11.4. The number of likely N-dealkylation sites (N-methyl/N-ethyl adjacent to an activating group) is 1.